The molecule has 0 saturated heterocycles. The Balaban J connectivity index is 2.27. The first-order valence-electron chi connectivity index (χ1n) is 6.85. The number of furan rings is 1. The van der Waals surface area contributed by atoms with E-state index in [4.69, 9.17) is 4.42 Å². The molecule has 1 aromatic heterocycles. The highest BCUT2D eigenvalue weighted by Crippen LogP contribution is 2.32. The number of hydrogen-bond donors (Lipinski definition) is 1. The van der Waals surface area contributed by atoms with Crippen molar-refractivity contribution in [2.75, 3.05) is 0 Å². The summed E-state index contributed by atoms with van der Waals surface area (Å²) in [5.74, 6) is 1.19. The van der Waals surface area contributed by atoms with E-state index in [0.29, 0.717) is 29.1 Å². The van der Waals surface area contributed by atoms with Crippen molar-refractivity contribution in [2.24, 2.45) is 0 Å². The summed E-state index contributed by atoms with van der Waals surface area (Å²) in [7, 11) is 0. The number of halogens is 3. The second kappa shape index (κ2) is 6.35. The first kappa shape index (κ1) is 15.6. The SMILES string of the molecule is CCCCc1oc(-c2ccc(C(F)(F)F)cc2)cc1CO. The number of hydrogen-bond acceptors (Lipinski definition) is 2. The molecule has 0 aliphatic heterocycles. The maximum Gasteiger partial charge on any atom is 0.416 e. The van der Waals surface area contributed by atoms with Gasteiger partial charge in [0.05, 0.1) is 12.2 Å². The minimum Gasteiger partial charge on any atom is -0.461 e. The van der Waals surface area contributed by atoms with Crippen LogP contribution in [0.25, 0.3) is 11.3 Å². The van der Waals surface area contributed by atoms with Gasteiger partial charge in [0, 0.05) is 17.5 Å². The van der Waals surface area contributed by atoms with E-state index in [9.17, 15) is 18.3 Å². The van der Waals surface area contributed by atoms with Gasteiger partial charge in [-0.05, 0) is 24.6 Å². The summed E-state index contributed by atoms with van der Waals surface area (Å²) in [6.07, 6.45) is -1.69. The quantitative estimate of drug-likeness (QED) is 0.860. The van der Waals surface area contributed by atoms with Crippen LogP contribution >= 0.6 is 0 Å². The molecule has 0 saturated carbocycles. The van der Waals surface area contributed by atoms with Gasteiger partial charge >= 0.3 is 6.18 Å². The smallest absolute Gasteiger partial charge is 0.416 e. The zero-order valence-corrected chi connectivity index (χ0v) is 11.7. The molecule has 1 aromatic carbocycles. The summed E-state index contributed by atoms with van der Waals surface area (Å²) in [5, 5.41) is 9.32. The lowest BCUT2D eigenvalue weighted by atomic mass is 10.1. The van der Waals surface area contributed by atoms with Gasteiger partial charge in [0.15, 0.2) is 0 Å². The van der Waals surface area contributed by atoms with Crippen LogP contribution in [0.4, 0.5) is 13.2 Å². The fraction of sp³-hybridized carbons (Fsp3) is 0.375. The normalized spacial score (nSPS) is 11.9. The van der Waals surface area contributed by atoms with E-state index in [1.165, 1.54) is 12.1 Å². The molecule has 114 valence electrons. The van der Waals surface area contributed by atoms with Crippen LogP contribution in [0, 0.1) is 0 Å². The summed E-state index contributed by atoms with van der Waals surface area (Å²) in [5.41, 5.74) is 0.574. The Labute approximate surface area is 121 Å². The largest absolute Gasteiger partial charge is 0.461 e. The third-order valence-corrected chi connectivity index (χ3v) is 3.32. The fourth-order valence-corrected chi connectivity index (χ4v) is 2.11. The molecular weight excluding hydrogens is 281 g/mol. The van der Waals surface area contributed by atoms with Crippen LogP contribution in [-0.2, 0) is 19.2 Å². The topological polar surface area (TPSA) is 33.4 Å². The van der Waals surface area contributed by atoms with Crippen LogP contribution in [0.15, 0.2) is 34.7 Å². The van der Waals surface area contributed by atoms with Crippen molar-refractivity contribution >= 4 is 0 Å². The third-order valence-electron chi connectivity index (χ3n) is 3.32. The molecule has 2 aromatic rings. The van der Waals surface area contributed by atoms with Crippen molar-refractivity contribution in [2.45, 2.75) is 39.0 Å². The van der Waals surface area contributed by atoms with Gasteiger partial charge in [-0.2, -0.15) is 13.2 Å². The lowest BCUT2D eigenvalue weighted by molar-refractivity contribution is -0.137. The van der Waals surface area contributed by atoms with E-state index in [1.54, 1.807) is 6.07 Å². The minimum absolute atomic E-state index is 0.136. The zero-order valence-electron chi connectivity index (χ0n) is 11.7. The molecule has 0 amide bonds. The highest BCUT2D eigenvalue weighted by Gasteiger charge is 2.30. The van der Waals surface area contributed by atoms with Gasteiger partial charge in [0.1, 0.15) is 11.5 Å². The molecule has 0 radical (unpaired) electrons. The molecule has 0 atom stereocenters. The molecule has 0 spiro atoms. The Bertz CT molecular complexity index is 583. The molecule has 0 aliphatic carbocycles. The van der Waals surface area contributed by atoms with Crippen molar-refractivity contribution in [3.8, 4) is 11.3 Å². The summed E-state index contributed by atoms with van der Waals surface area (Å²) in [6.45, 7) is 1.92. The molecule has 0 unspecified atom stereocenters. The van der Waals surface area contributed by atoms with Gasteiger partial charge < -0.3 is 9.52 Å². The van der Waals surface area contributed by atoms with Gasteiger partial charge in [0.25, 0.3) is 0 Å². The number of aryl methyl sites for hydroxylation is 1. The van der Waals surface area contributed by atoms with E-state index in [1.807, 2.05) is 0 Å². The monoisotopic (exact) mass is 298 g/mol. The molecule has 0 aliphatic rings. The number of unbranched alkanes of at least 4 members (excludes halogenated alkanes) is 1. The molecule has 2 nitrogen and oxygen atoms in total. The zero-order chi connectivity index (χ0) is 15.5. The van der Waals surface area contributed by atoms with Crippen LogP contribution in [-0.4, -0.2) is 5.11 Å². The van der Waals surface area contributed by atoms with Crippen molar-refractivity contribution in [3.63, 3.8) is 0 Å². The Hall–Kier alpha value is -1.75. The van der Waals surface area contributed by atoms with Crippen molar-refractivity contribution in [1.29, 1.82) is 0 Å². The molecule has 1 heterocycles. The Kier molecular flexibility index (Phi) is 4.73. The van der Waals surface area contributed by atoms with Crippen LogP contribution in [0.2, 0.25) is 0 Å². The average Bonchev–Trinajstić information content (AvgIpc) is 2.87. The van der Waals surface area contributed by atoms with Gasteiger partial charge in [-0.1, -0.05) is 25.5 Å². The van der Waals surface area contributed by atoms with Crippen LogP contribution < -0.4 is 0 Å². The second-order valence-corrected chi connectivity index (χ2v) is 4.90. The summed E-state index contributed by atoms with van der Waals surface area (Å²) < 4.78 is 43.3. The van der Waals surface area contributed by atoms with Crippen molar-refractivity contribution < 1.29 is 22.7 Å². The second-order valence-electron chi connectivity index (χ2n) is 4.90. The molecule has 5 heteroatoms. The van der Waals surface area contributed by atoms with Crippen molar-refractivity contribution in [1.82, 2.24) is 0 Å². The van der Waals surface area contributed by atoms with Crippen LogP contribution in [0.5, 0.6) is 0 Å². The van der Waals surface area contributed by atoms with E-state index < -0.39 is 11.7 Å². The highest BCUT2D eigenvalue weighted by atomic mass is 19.4. The highest BCUT2D eigenvalue weighted by molar-refractivity contribution is 5.59. The number of aliphatic hydroxyl groups is 1. The van der Waals surface area contributed by atoms with Gasteiger partial charge in [-0.15, -0.1) is 0 Å². The molecule has 21 heavy (non-hydrogen) atoms. The molecule has 0 bridgehead atoms. The van der Waals surface area contributed by atoms with Crippen LogP contribution in [0.3, 0.4) is 0 Å². The maximum atomic E-state index is 12.5. The molecule has 0 fully saturated rings. The lowest BCUT2D eigenvalue weighted by Crippen LogP contribution is -2.03. The summed E-state index contributed by atoms with van der Waals surface area (Å²) in [4.78, 5) is 0. The lowest BCUT2D eigenvalue weighted by Gasteiger charge is -2.06. The molecule has 2 rings (SSSR count). The number of alkyl halides is 3. The average molecular weight is 298 g/mol. The van der Waals surface area contributed by atoms with Crippen LogP contribution in [0.1, 0.15) is 36.7 Å². The first-order valence-corrected chi connectivity index (χ1v) is 6.85. The molecular formula is C16H17F3O2. The fourth-order valence-electron chi connectivity index (χ4n) is 2.11. The van der Waals surface area contributed by atoms with Gasteiger partial charge in [-0.25, -0.2) is 0 Å². The molecule has 1 N–H and O–H groups in total. The summed E-state index contributed by atoms with van der Waals surface area (Å²) in [6, 6.07) is 6.51. The standard InChI is InChI=1S/C16H17F3O2/c1-2-3-4-14-12(10-20)9-15(21-14)11-5-7-13(8-6-11)16(17,18)19/h5-9,20H,2-4,10H2,1H3. The van der Waals surface area contributed by atoms with Crippen molar-refractivity contribution in [3.05, 3.63) is 47.2 Å². The van der Waals surface area contributed by atoms with Gasteiger partial charge in [0.2, 0.25) is 0 Å². The Morgan fingerprint density at radius 2 is 1.81 bits per heavy atom. The van der Waals surface area contributed by atoms with E-state index in [-0.39, 0.29) is 6.61 Å². The minimum atomic E-state index is -4.34. The predicted molar refractivity (Wildman–Crippen MR) is 73.7 cm³/mol. The Morgan fingerprint density at radius 1 is 1.14 bits per heavy atom. The third kappa shape index (κ3) is 3.67. The van der Waals surface area contributed by atoms with E-state index in [2.05, 4.69) is 6.92 Å². The maximum absolute atomic E-state index is 12.5. The first-order chi connectivity index (χ1) is 9.95. The summed E-state index contributed by atoms with van der Waals surface area (Å²) >= 11 is 0. The number of rotatable bonds is 5. The Morgan fingerprint density at radius 3 is 2.33 bits per heavy atom. The number of benzene rings is 1. The van der Waals surface area contributed by atoms with E-state index in [0.717, 1.165) is 25.0 Å². The van der Waals surface area contributed by atoms with Gasteiger partial charge in [-0.3, -0.25) is 0 Å². The number of aliphatic hydroxyl groups excluding tert-OH is 1. The predicted octanol–water partition coefficient (Wildman–Crippen LogP) is 4.80. The van der Waals surface area contributed by atoms with E-state index >= 15 is 0 Å².